The number of anilines is 2. The van der Waals surface area contributed by atoms with Crippen molar-refractivity contribution >= 4 is 41.1 Å². The largest absolute Gasteiger partial charge is 0.497 e. The van der Waals surface area contributed by atoms with Crippen molar-refractivity contribution in [2.24, 2.45) is 0 Å². The summed E-state index contributed by atoms with van der Waals surface area (Å²) in [5, 5.41) is 5.23. The standard InChI is InChI=1S/C22H24N4O2S/c1-28-19-7-4-6-17(15-19)24-22(27)26(29)18-10-13-25(14-11-18)21-20-8-3-2-5-16(20)9-12-23-21/h2-9,12,15,18,29H,10-11,13-14H2,1H3,(H,24,27). The number of urea groups is 1. The van der Waals surface area contributed by atoms with Crippen LogP contribution in [0, 0.1) is 0 Å². The molecule has 1 aliphatic rings. The first kappa shape index (κ1) is 19.4. The first-order valence-electron chi connectivity index (χ1n) is 9.67. The molecule has 2 amide bonds. The minimum Gasteiger partial charge on any atom is -0.497 e. The number of carbonyl (C=O) groups is 1. The van der Waals surface area contributed by atoms with E-state index in [-0.39, 0.29) is 12.1 Å². The van der Waals surface area contributed by atoms with Gasteiger partial charge >= 0.3 is 6.03 Å². The summed E-state index contributed by atoms with van der Waals surface area (Å²) >= 11 is 4.48. The highest BCUT2D eigenvalue weighted by Crippen LogP contribution is 2.28. The molecule has 7 heteroatoms. The SMILES string of the molecule is COc1cccc(NC(=O)N(S)C2CCN(c3nccc4ccccc34)CC2)c1. The predicted octanol–water partition coefficient (Wildman–Crippen LogP) is 4.59. The number of benzene rings is 2. The molecule has 1 aliphatic heterocycles. The molecule has 2 aromatic carbocycles. The summed E-state index contributed by atoms with van der Waals surface area (Å²) in [5.41, 5.74) is 0.686. The fourth-order valence-corrected chi connectivity index (χ4v) is 4.01. The first-order chi connectivity index (χ1) is 14.2. The Labute approximate surface area is 176 Å². The van der Waals surface area contributed by atoms with Crippen LogP contribution in [-0.2, 0) is 0 Å². The number of aromatic nitrogens is 1. The van der Waals surface area contributed by atoms with Gasteiger partial charge in [0, 0.05) is 42.5 Å². The van der Waals surface area contributed by atoms with Gasteiger partial charge in [0.05, 0.1) is 7.11 Å². The third-order valence-electron chi connectivity index (χ3n) is 5.29. The van der Waals surface area contributed by atoms with Crippen LogP contribution < -0.4 is 15.0 Å². The van der Waals surface area contributed by atoms with Gasteiger partial charge in [-0.2, -0.15) is 0 Å². The van der Waals surface area contributed by atoms with Crippen molar-refractivity contribution in [3.8, 4) is 5.75 Å². The summed E-state index contributed by atoms with van der Waals surface area (Å²) in [6, 6.07) is 17.4. The van der Waals surface area contributed by atoms with Crippen LogP contribution in [0.3, 0.4) is 0 Å². The van der Waals surface area contributed by atoms with Crippen LogP contribution >= 0.6 is 12.8 Å². The van der Waals surface area contributed by atoms with Crippen molar-refractivity contribution in [3.63, 3.8) is 0 Å². The highest BCUT2D eigenvalue weighted by molar-refractivity contribution is 7.78. The second kappa shape index (κ2) is 8.61. The van der Waals surface area contributed by atoms with Crippen molar-refractivity contribution in [3.05, 3.63) is 60.8 Å². The van der Waals surface area contributed by atoms with Crippen molar-refractivity contribution in [2.45, 2.75) is 18.9 Å². The highest BCUT2D eigenvalue weighted by Gasteiger charge is 2.27. The lowest BCUT2D eigenvalue weighted by molar-refractivity contribution is 0.223. The molecule has 0 aliphatic carbocycles. The van der Waals surface area contributed by atoms with E-state index in [1.165, 1.54) is 9.69 Å². The number of hydrogen-bond acceptors (Lipinski definition) is 5. The Hall–Kier alpha value is -2.93. The van der Waals surface area contributed by atoms with Crippen molar-refractivity contribution in [1.29, 1.82) is 0 Å². The molecule has 1 fully saturated rings. The number of hydrogen-bond donors (Lipinski definition) is 2. The number of rotatable bonds is 4. The normalized spacial score (nSPS) is 14.6. The molecule has 1 N–H and O–H groups in total. The smallest absolute Gasteiger partial charge is 0.331 e. The zero-order valence-electron chi connectivity index (χ0n) is 16.3. The maximum atomic E-state index is 12.6. The average Bonchev–Trinajstić information content (AvgIpc) is 2.78. The topological polar surface area (TPSA) is 57.7 Å². The van der Waals surface area contributed by atoms with Gasteiger partial charge in [0.1, 0.15) is 11.6 Å². The van der Waals surface area contributed by atoms with E-state index in [2.05, 4.69) is 40.1 Å². The number of nitrogens with one attached hydrogen (secondary N) is 1. The molecule has 1 saturated heterocycles. The van der Waals surface area contributed by atoms with E-state index >= 15 is 0 Å². The van der Waals surface area contributed by atoms with Crippen LogP contribution in [0.15, 0.2) is 60.8 Å². The second-order valence-corrected chi connectivity index (χ2v) is 7.51. The molecule has 0 radical (unpaired) electrons. The van der Waals surface area contributed by atoms with E-state index in [0.29, 0.717) is 11.4 Å². The molecule has 0 bridgehead atoms. The van der Waals surface area contributed by atoms with Crippen LogP contribution in [-0.4, -0.2) is 41.6 Å². The average molecular weight is 409 g/mol. The molecule has 6 nitrogen and oxygen atoms in total. The number of thiol groups is 1. The van der Waals surface area contributed by atoms with Crippen LogP contribution in [0.2, 0.25) is 0 Å². The van der Waals surface area contributed by atoms with Gasteiger partial charge in [-0.3, -0.25) is 4.31 Å². The van der Waals surface area contributed by atoms with Gasteiger partial charge in [-0.15, -0.1) is 0 Å². The quantitative estimate of drug-likeness (QED) is 0.620. The Kier molecular flexibility index (Phi) is 5.76. The van der Waals surface area contributed by atoms with Crippen LogP contribution in [0.4, 0.5) is 16.3 Å². The van der Waals surface area contributed by atoms with Gasteiger partial charge in [0.15, 0.2) is 0 Å². The van der Waals surface area contributed by atoms with Crippen LogP contribution in [0.5, 0.6) is 5.75 Å². The molecule has 29 heavy (non-hydrogen) atoms. The molecular formula is C22H24N4O2S. The summed E-state index contributed by atoms with van der Waals surface area (Å²) in [6.45, 7) is 1.66. The zero-order valence-corrected chi connectivity index (χ0v) is 17.2. The molecule has 1 aromatic heterocycles. The minimum atomic E-state index is -0.233. The van der Waals surface area contributed by atoms with Gasteiger partial charge in [0.25, 0.3) is 0 Å². The molecule has 4 rings (SSSR count). The summed E-state index contributed by atoms with van der Waals surface area (Å²) in [5.74, 6) is 1.71. The number of methoxy groups -OCH3 is 1. The van der Waals surface area contributed by atoms with Crippen molar-refractivity contribution in [1.82, 2.24) is 9.29 Å². The Bertz CT molecular complexity index is 1000. The summed E-state index contributed by atoms with van der Waals surface area (Å²) in [4.78, 5) is 19.5. The fraction of sp³-hybridized carbons (Fsp3) is 0.273. The Morgan fingerprint density at radius 1 is 1.17 bits per heavy atom. The number of fused-ring (bicyclic) bond motifs is 1. The molecule has 2 heterocycles. The van der Waals surface area contributed by atoms with Crippen molar-refractivity contribution in [2.75, 3.05) is 30.4 Å². The number of carbonyl (C=O) groups excluding carboxylic acids is 1. The maximum Gasteiger partial charge on any atom is 0.331 e. The molecule has 0 unspecified atom stereocenters. The number of pyridine rings is 1. The van der Waals surface area contributed by atoms with Gasteiger partial charge in [-0.1, -0.05) is 43.1 Å². The predicted molar refractivity (Wildman–Crippen MR) is 120 cm³/mol. The summed E-state index contributed by atoms with van der Waals surface area (Å²) in [6.07, 6.45) is 3.52. The molecule has 3 aromatic rings. The number of amides is 2. The van der Waals surface area contributed by atoms with Gasteiger partial charge in [0.2, 0.25) is 0 Å². The second-order valence-electron chi connectivity index (χ2n) is 7.08. The number of piperidine rings is 1. The number of nitrogens with zero attached hydrogens (tertiary/aromatic N) is 3. The lowest BCUT2D eigenvalue weighted by atomic mass is 10.0. The van der Waals surface area contributed by atoms with Gasteiger partial charge in [-0.25, -0.2) is 9.78 Å². The highest BCUT2D eigenvalue weighted by atomic mass is 32.1. The maximum absolute atomic E-state index is 12.6. The summed E-state index contributed by atoms with van der Waals surface area (Å²) in [7, 11) is 1.60. The Morgan fingerprint density at radius 3 is 2.76 bits per heavy atom. The van der Waals surface area contributed by atoms with E-state index in [1.807, 2.05) is 42.6 Å². The number of ether oxygens (including phenoxy) is 1. The van der Waals surface area contributed by atoms with Gasteiger partial charge in [-0.05, 0) is 36.4 Å². The van der Waals surface area contributed by atoms with Crippen molar-refractivity contribution < 1.29 is 9.53 Å². The summed E-state index contributed by atoms with van der Waals surface area (Å²) < 4.78 is 6.71. The van der Waals surface area contributed by atoms with E-state index in [4.69, 9.17) is 4.74 Å². The molecule has 0 spiro atoms. The monoisotopic (exact) mass is 408 g/mol. The third kappa shape index (κ3) is 4.24. The Morgan fingerprint density at radius 2 is 1.97 bits per heavy atom. The van der Waals surface area contributed by atoms with E-state index in [9.17, 15) is 4.79 Å². The Balaban J connectivity index is 1.39. The van der Waals surface area contributed by atoms with Gasteiger partial charge < -0.3 is 15.0 Å². The molecule has 0 atom stereocenters. The van der Waals surface area contributed by atoms with E-state index < -0.39 is 0 Å². The molecule has 150 valence electrons. The van der Waals surface area contributed by atoms with E-state index in [0.717, 1.165) is 37.1 Å². The van der Waals surface area contributed by atoms with Crippen LogP contribution in [0.1, 0.15) is 12.8 Å². The van der Waals surface area contributed by atoms with Crippen LogP contribution in [0.25, 0.3) is 10.8 Å². The minimum absolute atomic E-state index is 0.0650. The van der Waals surface area contributed by atoms with E-state index in [1.54, 1.807) is 13.2 Å². The molecular weight excluding hydrogens is 384 g/mol. The lowest BCUT2D eigenvalue weighted by Gasteiger charge is -2.36. The fourth-order valence-electron chi connectivity index (χ4n) is 3.73. The lowest BCUT2D eigenvalue weighted by Crippen LogP contribution is -2.45. The zero-order chi connectivity index (χ0) is 20.2. The molecule has 0 saturated carbocycles. The third-order valence-corrected chi connectivity index (χ3v) is 5.80. The first-order valence-corrected chi connectivity index (χ1v) is 10.1.